The average molecular weight is 278 g/mol. The molecular weight excluding hydrogens is 256 g/mol. The van der Waals surface area contributed by atoms with Crippen LogP contribution in [0.1, 0.15) is 23.7 Å². The minimum absolute atomic E-state index is 0.124. The largest absolute Gasteiger partial charge is 0.497 e. The molecule has 1 heterocycles. The lowest BCUT2D eigenvalue weighted by Gasteiger charge is -2.30. The summed E-state index contributed by atoms with van der Waals surface area (Å²) in [6, 6.07) is 5.37. The smallest absolute Gasteiger partial charge is 0.255 e. The van der Waals surface area contributed by atoms with Gasteiger partial charge in [-0.3, -0.25) is 4.79 Å². The molecule has 2 rings (SSSR count). The van der Waals surface area contributed by atoms with Crippen molar-refractivity contribution in [3.63, 3.8) is 0 Å². The van der Waals surface area contributed by atoms with Gasteiger partial charge in [-0.2, -0.15) is 0 Å². The Morgan fingerprint density at radius 2 is 2.15 bits per heavy atom. The van der Waals surface area contributed by atoms with Gasteiger partial charge in [-0.15, -0.1) is 0 Å². The molecule has 1 aliphatic heterocycles. The van der Waals surface area contributed by atoms with Crippen LogP contribution in [0.25, 0.3) is 0 Å². The van der Waals surface area contributed by atoms with E-state index in [-0.39, 0.29) is 11.9 Å². The monoisotopic (exact) mass is 278 g/mol. The lowest BCUT2D eigenvalue weighted by Crippen LogP contribution is -2.50. The van der Waals surface area contributed by atoms with E-state index in [4.69, 9.17) is 9.47 Å². The van der Waals surface area contributed by atoms with Gasteiger partial charge in [0.1, 0.15) is 11.5 Å². The summed E-state index contributed by atoms with van der Waals surface area (Å²) in [6.45, 7) is 3.98. The van der Waals surface area contributed by atoms with Crippen molar-refractivity contribution in [2.45, 2.75) is 19.4 Å². The molecule has 1 aromatic carbocycles. The predicted octanol–water partition coefficient (Wildman–Crippen LogP) is 1.43. The summed E-state index contributed by atoms with van der Waals surface area (Å²) in [4.78, 5) is 12.4. The molecule has 0 radical (unpaired) electrons. The minimum Gasteiger partial charge on any atom is -0.497 e. The molecule has 5 heteroatoms. The van der Waals surface area contributed by atoms with Gasteiger partial charge in [0.2, 0.25) is 0 Å². The van der Waals surface area contributed by atoms with Crippen LogP contribution in [0, 0.1) is 5.92 Å². The van der Waals surface area contributed by atoms with E-state index in [0.717, 1.165) is 19.5 Å². The number of nitrogens with one attached hydrogen (secondary N) is 2. The molecule has 0 bridgehead atoms. The van der Waals surface area contributed by atoms with Gasteiger partial charge in [-0.05, 0) is 37.1 Å². The van der Waals surface area contributed by atoms with Crippen molar-refractivity contribution in [1.82, 2.24) is 10.6 Å². The van der Waals surface area contributed by atoms with E-state index in [1.165, 1.54) is 0 Å². The summed E-state index contributed by atoms with van der Waals surface area (Å²) in [7, 11) is 3.14. The van der Waals surface area contributed by atoms with Crippen LogP contribution in [0.15, 0.2) is 18.2 Å². The van der Waals surface area contributed by atoms with Gasteiger partial charge < -0.3 is 20.1 Å². The van der Waals surface area contributed by atoms with Crippen LogP contribution >= 0.6 is 0 Å². The molecule has 1 fully saturated rings. The third-order valence-electron chi connectivity index (χ3n) is 3.80. The summed E-state index contributed by atoms with van der Waals surface area (Å²) in [5.74, 6) is 1.54. The van der Waals surface area contributed by atoms with E-state index in [1.807, 2.05) is 0 Å². The number of hydrogen-bond donors (Lipinski definition) is 2. The number of amides is 1. The first-order valence-electron chi connectivity index (χ1n) is 6.89. The zero-order chi connectivity index (χ0) is 14.5. The van der Waals surface area contributed by atoms with Crippen molar-refractivity contribution in [3.8, 4) is 11.5 Å². The molecule has 2 atom stereocenters. The Bertz CT molecular complexity index is 476. The van der Waals surface area contributed by atoms with Crippen LogP contribution in [-0.2, 0) is 0 Å². The Hall–Kier alpha value is -1.75. The van der Waals surface area contributed by atoms with Gasteiger partial charge in [0.05, 0.1) is 19.8 Å². The van der Waals surface area contributed by atoms with E-state index < -0.39 is 0 Å². The highest BCUT2D eigenvalue weighted by molar-refractivity contribution is 5.97. The van der Waals surface area contributed by atoms with Crippen molar-refractivity contribution in [2.75, 3.05) is 27.3 Å². The van der Waals surface area contributed by atoms with Gasteiger partial charge in [0.25, 0.3) is 5.91 Å². The molecule has 1 saturated heterocycles. The van der Waals surface area contributed by atoms with Crippen LogP contribution < -0.4 is 20.1 Å². The van der Waals surface area contributed by atoms with E-state index in [1.54, 1.807) is 32.4 Å². The van der Waals surface area contributed by atoms with E-state index >= 15 is 0 Å². The quantitative estimate of drug-likeness (QED) is 0.875. The number of methoxy groups -OCH3 is 2. The summed E-state index contributed by atoms with van der Waals surface area (Å²) < 4.78 is 10.4. The highest BCUT2D eigenvalue weighted by Gasteiger charge is 2.24. The molecule has 0 spiro atoms. The molecule has 0 aliphatic carbocycles. The van der Waals surface area contributed by atoms with Gasteiger partial charge in [-0.25, -0.2) is 0 Å². The molecule has 110 valence electrons. The number of benzene rings is 1. The Morgan fingerprint density at radius 3 is 2.80 bits per heavy atom. The van der Waals surface area contributed by atoms with Crippen molar-refractivity contribution in [2.24, 2.45) is 5.92 Å². The lowest BCUT2D eigenvalue weighted by atomic mass is 9.94. The molecule has 0 aromatic heterocycles. The van der Waals surface area contributed by atoms with Crippen molar-refractivity contribution in [3.05, 3.63) is 23.8 Å². The summed E-state index contributed by atoms with van der Waals surface area (Å²) in [6.07, 6.45) is 1.07. The van der Waals surface area contributed by atoms with Crippen LogP contribution in [0.2, 0.25) is 0 Å². The van der Waals surface area contributed by atoms with Gasteiger partial charge >= 0.3 is 0 Å². The van der Waals surface area contributed by atoms with Crippen LogP contribution in [0.5, 0.6) is 11.5 Å². The molecule has 0 saturated carbocycles. The summed E-state index contributed by atoms with van der Waals surface area (Å²) in [5, 5.41) is 6.38. The first-order valence-corrected chi connectivity index (χ1v) is 6.89. The molecule has 2 N–H and O–H groups in total. The van der Waals surface area contributed by atoms with E-state index in [0.29, 0.717) is 23.0 Å². The average Bonchev–Trinajstić information content (AvgIpc) is 2.48. The third-order valence-corrected chi connectivity index (χ3v) is 3.80. The maximum Gasteiger partial charge on any atom is 0.255 e. The van der Waals surface area contributed by atoms with Crippen molar-refractivity contribution in [1.29, 1.82) is 0 Å². The van der Waals surface area contributed by atoms with Gasteiger partial charge in [0, 0.05) is 12.6 Å². The fraction of sp³-hybridized carbons (Fsp3) is 0.533. The first kappa shape index (κ1) is 14.7. The number of carbonyl (C=O) groups is 1. The maximum atomic E-state index is 12.4. The number of carbonyl (C=O) groups excluding carboxylic acids is 1. The molecule has 20 heavy (non-hydrogen) atoms. The Morgan fingerprint density at radius 1 is 1.35 bits per heavy atom. The zero-order valence-corrected chi connectivity index (χ0v) is 12.2. The fourth-order valence-corrected chi connectivity index (χ4v) is 2.42. The molecule has 1 amide bonds. The normalized spacial score (nSPS) is 22.1. The highest BCUT2D eigenvalue weighted by atomic mass is 16.5. The number of piperidine rings is 1. The number of rotatable bonds is 4. The number of ether oxygens (including phenoxy) is 2. The van der Waals surface area contributed by atoms with Crippen LogP contribution in [-0.4, -0.2) is 39.3 Å². The minimum atomic E-state index is -0.124. The SMILES string of the molecule is COc1ccc(OC)c(C(=O)NC2CNCCC2C)c1. The maximum absolute atomic E-state index is 12.4. The zero-order valence-electron chi connectivity index (χ0n) is 12.2. The second-order valence-electron chi connectivity index (χ2n) is 5.12. The Kier molecular flexibility index (Phi) is 4.84. The van der Waals surface area contributed by atoms with Crippen molar-refractivity contribution < 1.29 is 14.3 Å². The van der Waals surface area contributed by atoms with Gasteiger partial charge in [-0.1, -0.05) is 6.92 Å². The topological polar surface area (TPSA) is 59.6 Å². The molecule has 1 aromatic rings. The van der Waals surface area contributed by atoms with Crippen LogP contribution in [0.3, 0.4) is 0 Å². The predicted molar refractivity (Wildman–Crippen MR) is 77.5 cm³/mol. The highest BCUT2D eigenvalue weighted by Crippen LogP contribution is 2.24. The molecular formula is C15H22N2O3. The first-order chi connectivity index (χ1) is 9.65. The third kappa shape index (κ3) is 3.22. The standard InChI is InChI=1S/C15H22N2O3/c1-10-6-7-16-9-13(10)17-15(18)12-8-11(19-2)4-5-14(12)20-3/h4-5,8,10,13,16H,6-7,9H2,1-3H3,(H,17,18). The van der Waals surface area contributed by atoms with Crippen LogP contribution in [0.4, 0.5) is 0 Å². The van der Waals surface area contributed by atoms with Crippen molar-refractivity contribution >= 4 is 5.91 Å². The second kappa shape index (κ2) is 6.61. The second-order valence-corrected chi connectivity index (χ2v) is 5.12. The Labute approximate surface area is 119 Å². The van der Waals surface area contributed by atoms with Gasteiger partial charge in [0.15, 0.2) is 0 Å². The Balaban J connectivity index is 2.15. The summed E-state index contributed by atoms with van der Waals surface area (Å²) >= 11 is 0. The number of hydrogen-bond acceptors (Lipinski definition) is 4. The van der Waals surface area contributed by atoms with E-state index in [2.05, 4.69) is 17.6 Å². The molecule has 5 nitrogen and oxygen atoms in total. The molecule has 1 aliphatic rings. The molecule has 2 unspecified atom stereocenters. The summed E-state index contributed by atoms with van der Waals surface area (Å²) in [5.41, 5.74) is 0.504. The lowest BCUT2D eigenvalue weighted by molar-refractivity contribution is 0.0912. The van der Waals surface area contributed by atoms with E-state index in [9.17, 15) is 4.79 Å². The fourth-order valence-electron chi connectivity index (χ4n) is 2.42.